The molecular weight excluding hydrogens is 252 g/mol. The van der Waals surface area contributed by atoms with E-state index in [4.69, 9.17) is 14.2 Å². The van der Waals surface area contributed by atoms with Crippen LogP contribution in [0.25, 0.3) is 0 Å². The Morgan fingerprint density at radius 1 is 0.950 bits per heavy atom. The zero-order chi connectivity index (χ0) is 13.8. The van der Waals surface area contributed by atoms with E-state index in [9.17, 15) is 0 Å². The molecule has 0 saturated heterocycles. The highest BCUT2D eigenvalue weighted by atomic mass is 16.7. The van der Waals surface area contributed by atoms with Gasteiger partial charge in [-0.3, -0.25) is 0 Å². The van der Waals surface area contributed by atoms with E-state index in [1.807, 2.05) is 18.2 Å². The lowest BCUT2D eigenvalue weighted by atomic mass is 10.1. The maximum Gasteiger partial charge on any atom is 0.231 e. The van der Waals surface area contributed by atoms with Crippen molar-refractivity contribution in [2.75, 3.05) is 13.4 Å². The number of hydrogen-bond acceptors (Lipinski definition) is 3. The molecule has 3 rings (SSSR count). The molecule has 104 valence electrons. The maximum atomic E-state index is 5.72. The van der Waals surface area contributed by atoms with Crippen LogP contribution in [0.2, 0.25) is 0 Å². The van der Waals surface area contributed by atoms with Crippen molar-refractivity contribution in [3.63, 3.8) is 0 Å². The molecule has 0 saturated carbocycles. The highest BCUT2D eigenvalue weighted by Gasteiger charge is 2.12. The Hall–Kier alpha value is -2.00. The van der Waals surface area contributed by atoms with Gasteiger partial charge >= 0.3 is 0 Å². The molecule has 1 heterocycles. The lowest BCUT2D eigenvalue weighted by molar-refractivity contribution is 0.123. The summed E-state index contributed by atoms with van der Waals surface area (Å²) in [4.78, 5) is 0. The molecule has 3 nitrogen and oxygen atoms in total. The summed E-state index contributed by atoms with van der Waals surface area (Å²) in [7, 11) is 0. The molecule has 0 amide bonds. The Balaban J connectivity index is 1.47. The molecule has 0 N–H and O–H groups in total. The van der Waals surface area contributed by atoms with Crippen LogP contribution in [-0.4, -0.2) is 13.4 Å². The minimum absolute atomic E-state index is 0.313. The predicted molar refractivity (Wildman–Crippen MR) is 77.1 cm³/mol. The third kappa shape index (κ3) is 3.11. The molecule has 0 atom stereocenters. The quantitative estimate of drug-likeness (QED) is 0.778. The van der Waals surface area contributed by atoms with Gasteiger partial charge in [0.25, 0.3) is 0 Å². The monoisotopic (exact) mass is 270 g/mol. The average Bonchev–Trinajstić information content (AvgIpc) is 2.93. The molecule has 0 spiro atoms. The minimum Gasteiger partial charge on any atom is -0.454 e. The van der Waals surface area contributed by atoms with Crippen LogP contribution in [0.5, 0.6) is 11.5 Å². The maximum absolute atomic E-state index is 5.72. The lowest BCUT2D eigenvalue weighted by Crippen LogP contribution is -1.99. The molecule has 0 aromatic heterocycles. The van der Waals surface area contributed by atoms with Gasteiger partial charge in [0.05, 0.1) is 13.2 Å². The van der Waals surface area contributed by atoms with Gasteiger partial charge in [0.15, 0.2) is 11.5 Å². The van der Waals surface area contributed by atoms with Crippen LogP contribution in [0, 0.1) is 6.92 Å². The van der Waals surface area contributed by atoms with Crippen LogP contribution < -0.4 is 9.47 Å². The summed E-state index contributed by atoms with van der Waals surface area (Å²) in [6.45, 7) is 3.73. The molecule has 2 aromatic rings. The molecule has 0 fully saturated rings. The smallest absolute Gasteiger partial charge is 0.231 e. The normalized spacial score (nSPS) is 12.7. The van der Waals surface area contributed by atoms with Crippen molar-refractivity contribution < 1.29 is 14.2 Å². The van der Waals surface area contributed by atoms with Crippen molar-refractivity contribution in [2.45, 2.75) is 20.0 Å². The Morgan fingerprint density at radius 2 is 1.70 bits per heavy atom. The van der Waals surface area contributed by atoms with E-state index >= 15 is 0 Å². The summed E-state index contributed by atoms with van der Waals surface area (Å²) in [5, 5.41) is 0. The van der Waals surface area contributed by atoms with Gasteiger partial charge in [-0.25, -0.2) is 0 Å². The van der Waals surface area contributed by atoms with Crippen molar-refractivity contribution >= 4 is 0 Å². The highest BCUT2D eigenvalue weighted by molar-refractivity contribution is 5.44. The highest BCUT2D eigenvalue weighted by Crippen LogP contribution is 2.32. The van der Waals surface area contributed by atoms with E-state index in [-0.39, 0.29) is 0 Å². The van der Waals surface area contributed by atoms with Crippen LogP contribution in [0.4, 0.5) is 0 Å². The average molecular weight is 270 g/mol. The van der Waals surface area contributed by atoms with Gasteiger partial charge in [-0.15, -0.1) is 0 Å². The predicted octanol–water partition coefficient (Wildman–Crippen LogP) is 3.48. The third-order valence-electron chi connectivity index (χ3n) is 3.36. The summed E-state index contributed by atoms with van der Waals surface area (Å²) in [6.07, 6.45) is 0.935. The van der Waals surface area contributed by atoms with Gasteiger partial charge in [-0.2, -0.15) is 0 Å². The first-order valence-electron chi connectivity index (χ1n) is 6.83. The molecule has 3 heteroatoms. The fraction of sp³-hybridized carbons (Fsp3) is 0.294. The van der Waals surface area contributed by atoms with Gasteiger partial charge in [0.1, 0.15) is 0 Å². The van der Waals surface area contributed by atoms with E-state index in [0.717, 1.165) is 30.1 Å². The minimum atomic E-state index is 0.313. The summed E-state index contributed by atoms with van der Waals surface area (Å²) in [5.41, 5.74) is 3.70. The van der Waals surface area contributed by atoms with E-state index in [1.54, 1.807) is 0 Å². The fourth-order valence-electron chi connectivity index (χ4n) is 2.17. The van der Waals surface area contributed by atoms with Crippen LogP contribution in [0.3, 0.4) is 0 Å². The zero-order valence-electron chi connectivity index (χ0n) is 11.6. The number of ether oxygens (including phenoxy) is 3. The van der Waals surface area contributed by atoms with Crippen molar-refractivity contribution in [3.8, 4) is 11.5 Å². The fourth-order valence-corrected chi connectivity index (χ4v) is 2.17. The molecule has 1 aliphatic heterocycles. The molecular formula is C17H18O3. The number of fused-ring (bicyclic) bond motifs is 1. The van der Waals surface area contributed by atoms with Crippen molar-refractivity contribution in [1.29, 1.82) is 0 Å². The Kier molecular flexibility index (Phi) is 3.88. The number of hydrogen-bond donors (Lipinski definition) is 0. The summed E-state index contributed by atoms with van der Waals surface area (Å²) >= 11 is 0. The van der Waals surface area contributed by atoms with Crippen LogP contribution in [-0.2, 0) is 17.8 Å². The molecule has 0 aliphatic carbocycles. The summed E-state index contributed by atoms with van der Waals surface area (Å²) in [6, 6.07) is 14.5. The number of rotatable bonds is 5. The summed E-state index contributed by atoms with van der Waals surface area (Å²) < 4.78 is 16.3. The van der Waals surface area contributed by atoms with Gasteiger partial charge in [-0.1, -0.05) is 35.9 Å². The first-order chi connectivity index (χ1) is 9.81. The standard InChI is InChI=1S/C17H18O3/c1-13-2-4-14(5-3-13)8-9-18-11-15-6-7-16-17(10-15)20-12-19-16/h2-7,10H,8-9,11-12H2,1H3. The second kappa shape index (κ2) is 5.97. The van der Waals surface area contributed by atoms with Crippen molar-refractivity contribution in [2.24, 2.45) is 0 Å². The lowest BCUT2D eigenvalue weighted by Gasteiger charge is -2.06. The molecule has 20 heavy (non-hydrogen) atoms. The number of benzene rings is 2. The second-order valence-electron chi connectivity index (χ2n) is 4.98. The molecule has 2 aromatic carbocycles. The third-order valence-corrected chi connectivity index (χ3v) is 3.36. The molecule has 0 bridgehead atoms. The van der Waals surface area contributed by atoms with Crippen LogP contribution in [0.15, 0.2) is 42.5 Å². The zero-order valence-corrected chi connectivity index (χ0v) is 11.6. The van der Waals surface area contributed by atoms with E-state index in [2.05, 4.69) is 31.2 Å². The summed E-state index contributed by atoms with van der Waals surface area (Å²) in [5.74, 6) is 1.62. The van der Waals surface area contributed by atoms with Crippen molar-refractivity contribution in [3.05, 3.63) is 59.2 Å². The van der Waals surface area contributed by atoms with Gasteiger partial charge in [-0.05, 0) is 36.6 Å². The Morgan fingerprint density at radius 3 is 2.55 bits per heavy atom. The topological polar surface area (TPSA) is 27.7 Å². The van der Waals surface area contributed by atoms with Crippen molar-refractivity contribution in [1.82, 2.24) is 0 Å². The van der Waals surface area contributed by atoms with Gasteiger partial charge < -0.3 is 14.2 Å². The first-order valence-corrected chi connectivity index (χ1v) is 6.83. The number of aryl methyl sites for hydroxylation is 1. The second-order valence-corrected chi connectivity index (χ2v) is 4.98. The van der Waals surface area contributed by atoms with E-state index < -0.39 is 0 Å². The van der Waals surface area contributed by atoms with Gasteiger partial charge in [0.2, 0.25) is 6.79 Å². The first kappa shape index (κ1) is 13.0. The molecule has 0 unspecified atom stereocenters. The molecule has 1 aliphatic rings. The van der Waals surface area contributed by atoms with Crippen LogP contribution in [0.1, 0.15) is 16.7 Å². The van der Waals surface area contributed by atoms with Gasteiger partial charge in [0, 0.05) is 0 Å². The SMILES string of the molecule is Cc1ccc(CCOCc2ccc3c(c2)OCO3)cc1. The Bertz CT molecular complexity index is 575. The van der Waals surface area contributed by atoms with Crippen LogP contribution >= 0.6 is 0 Å². The molecule has 0 radical (unpaired) electrons. The Labute approximate surface area is 119 Å². The largest absolute Gasteiger partial charge is 0.454 e. The van der Waals surface area contributed by atoms with E-state index in [1.165, 1.54) is 11.1 Å². The van der Waals surface area contributed by atoms with E-state index in [0.29, 0.717) is 13.4 Å².